The number of nitrogens with one attached hydrogen (secondary N) is 1. The van der Waals surface area contributed by atoms with Crippen molar-refractivity contribution in [2.45, 2.75) is 25.1 Å². The van der Waals surface area contributed by atoms with Crippen molar-refractivity contribution in [3.63, 3.8) is 0 Å². The maximum absolute atomic E-state index is 13.1. The van der Waals surface area contributed by atoms with E-state index in [0.717, 1.165) is 5.56 Å². The molecule has 3 nitrogen and oxygen atoms in total. The molecule has 0 spiro atoms. The van der Waals surface area contributed by atoms with Gasteiger partial charge in [0, 0.05) is 12.6 Å². The zero-order valence-corrected chi connectivity index (χ0v) is 12.1. The quantitative estimate of drug-likeness (QED) is 0.341. The Morgan fingerprint density at radius 1 is 1.35 bits per heavy atom. The maximum Gasteiger partial charge on any atom is 0.411 e. The summed E-state index contributed by atoms with van der Waals surface area (Å²) in [6, 6.07) is 4.27. The first-order valence-corrected chi connectivity index (χ1v) is 6.65. The van der Waals surface area contributed by atoms with Gasteiger partial charge in [-0.2, -0.15) is 13.2 Å². The van der Waals surface area contributed by atoms with Crippen LogP contribution in [0.25, 0.3) is 0 Å². The highest BCUT2D eigenvalue weighted by atomic mass is 79.9. The topological polar surface area (TPSA) is 47.3 Å². The molecular weight excluding hydrogens is 344 g/mol. The highest BCUT2D eigenvalue weighted by molar-refractivity contribution is 9.10. The fraction of sp³-hybridized carbons (Fsp3) is 0.500. The second-order valence-corrected chi connectivity index (χ2v) is 5.13. The van der Waals surface area contributed by atoms with Crippen molar-refractivity contribution in [3.05, 3.63) is 34.1 Å². The lowest BCUT2D eigenvalue weighted by Crippen LogP contribution is -2.38. The van der Waals surface area contributed by atoms with Crippen LogP contribution in [0.1, 0.15) is 12.0 Å². The summed E-state index contributed by atoms with van der Waals surface area (Å²) in [7, 11) is 0. The third kappa shape index (κ3) is 6.65. The Balaban J connectivity index is 2.41. The van der Waals surface area contributed by atoms with Gasteiger partial charge in [-0.25, -0.2) is 4.39 Å². The number of hydrazine groups is 1. The van der Waals surface area contributed by atoms with E-state index in [1.165, 1.54) is 6.07 Å². The Bertz CT molecular complexity index is 428. The first kappa shape index (κ1) is 17.4. The molecule has 1 unspecified atom stereocenters. The predicted molar refractivity (Wildman–Crippen MR) is 70.4 cm³/mol. The lowest BCUT2D eigenvalue weighted by atomic mass is 10.0. The lowest BCUT2D eigenvalue weighted by molar-refractivity contribution is -0.174. The Labute approximate surface area is 122 Å². The minimum absolute atomic E-state index is 0.0588. The number of alkyl halides is 3. The van der Waals surface area contributed by atoms with Crippen LogP contribution < -0.4 is 11.3 Å². The summed E-state index contributed by atoms with van der Waals surface area (Å²) in [6.45, 7) is -1.33. The van der Waals surface area contributed by atoms with Gasteiger partial charge in [0.25, 0.3) is 0 Å². The molecule has 0 heterocycles. The smallest absolute Gasteiger partial charge is 0.372 e. The highest BCUT2D eigenvalue weighted by Gasteiger charge is 2.27. The van der Waals surface area contributed by atoms with Gasteiger partial charge in [-0.1, -0.05) is 6.07 Å². The van der Waals surface area contributed by atoms with Crippen LogP contribution in [0.15, 0.2) is 22.7 Å². The standard InChI is InChI=1S/C12H15BrF4N2O/c13-10-6-8(1-2-11(10)14)5-9(19-18)3-4-20-7-12(15,16)17/h1-2,6,9,19H,3-5,7,18H2. The molecule has 0 aliphatic rings. The van der Waals surface area contributed by atoms with Crippen LogP contribution in [-0.4, -0.2) is 25.4 Å². The van der Waals surface area contributed by atoms with E-state index in [1.807, 2.05) is 0 Å². The van der Waals surface area contributed by atoms with Crippen molar-refractivity contribution < 1.29 is 22.3 Å². The van der Waals surface area contributed by atoms with Crippen molar-refractivity contribution in [1.82, 2.24) is 5.43 Å². The molecule has 1 rings (SSSR count). The monoisotopic (exact) mass is 358 g/mol. The largest absolute Gasteiger partial charge is 0.411 e. The molecule has 1 aromatic rings. The highest BCUT2D eigenvalue weighted by Crippen LogP contribution is 2.18. The summed E-state index contributed by atoms with van der Waals surface area (Å²) in [6.07, 6.45) is -3.54. The van der Waals surface area contributed by atoms with Crippen LogP contribution in [0, 0.1) is 5.82 Å². The normalized spacial score (nSPS) is 13.5. The van der Waals surface area contributed by atoms with E-state index in [0.29, 0.717) is 17.3 Å². The Hall–Kier alpha value is -0.700. The van der Waals surface area contributed by atoms with E-state index in [4.69, 9.17) is 5.84 Å². The molecule has 0 radical (unpaired) electrons. The number of rotatable bonds is 7. The Kier molecular flexibility index (Phi) is 6.87. The van der Waals surface area contributed by atoms with E-state index < -0.39 is 12.8 Å². The summed E-state index contributed by atoms with van der Waals surface area (Å²) < 4.78 is 53.6. The van der Waals surface area contributed by atoms with Crippen molar-refractivity contribution in [1.29, 1.82) is 0 Å². The second kappa shape index (κ2) is 7.92. The maximum atomic E-state index is 13.1. The number of hydrogen-bond acceptors (Lipinski definition) is 3. The van der Waals surface area contributed by atoms with E-state index in [1.54, 1.807) is 12.1 Å². The van der Waals surface area contributed by atoms with Crippen LogP contribution in [0.5, 0.6) is 0 Å². The molecule has 0 saturated heterocycles. The summed E-state index contributed by atoms with van der Waals surface area (Å²) in [5.74, 6) is 4.97. The summed E-state index contributed by atoms with van der Waals surface area (Å²) >= 11 is 3.07. The van der Waals surface area contributed by atoms with E-state index in [-0.39, 0.29) is 18.5 Å². The molecule has 0 aliphatic heterocycles. The minimum Gasteiger partial charge on any atom is -0.372 e. The fourth-order valence-electron chi connectivity index (χ4n) is 1.61. The van der Waals surface area contributed by atoms with E-state index in [9.17, 15) is 17.6 Å². The molecule has 20 heavy (non-hydrogen) atoms. The first-order valence-electron chi connectivity index (χ1n) is 5.86. The van der Waals surface area contributed by atoms with Crippen LogP contribution in [0.2, 0.25) is 0 Å². The summed E-state index contributed by atoms with van der Waals surface area (Å²) in [5, 5.41) is 0. The van der Waals surface area contributed by atoms with E-state index >= 15 is 0 Å². The summed E-state index contributed by atoms with van der Waals surface area (Å²) in [4.78, 5) is 0. The van der Waals surface area contributed by atoms with Gasteiger partial charge in [0.05, 0.1) is 4.47 Å². The molecule has 0 bridgehead atoms. The fourth-order valence-corrected chi connectivity index (χ4v) is 2.04. The van der Waals surface area contributed by atoms with Gasteiger partial charge < -0.3 is 4.74 Å². The molecule has 8 heteroatoms. The van der Waals surface area contributed by atoms with Gasteiger partial charge >= 0.3 is 6.18 Å². The zero-order chi connectivity index (χ0) is 15.2. The van der Waals surface area contributed by atoms with Crippen molar-refractivity contribution in [2.75, 3.05) is 13.2 Å². The summed E-state index contributed by atoms with van der Waals surface area (Å²) in [5.41, 5.74) is 3.33. The van der Waals surface area contributed by atoms with Gasteiger partial charge in [0.2, 0.25) is 0 Å². The van der Waals surface area contributed by atoms with Gasteiger partial charge in [0.15, 0.2) is 0 Å². The minimum atomic E-state index is -4.33. The van der Waals surface area contributed by atoms with Gasteiger partial charge in [0.1, 0.15) is 12.4 Å². The van der Waals surface area contributed by atoms with Gasteiger partial charge in [-0.15, -0.1) is 0 Å². The molecule has 0 amide bonds. The Morgan fingerprint density at radius 3 is 2.60 bits per heavy atom. The number of ether oxygens (including phenoxy) is 1. The van der Waals surface area contributed by atoms with Crippen LogP contribution >= 0.6 is 15.9 Å². The molecule has 0 saturated carbocycles. The van der Waals surface area contributed by atoms with Crippen LogP contribution in [0.3, 0.4) is 0 Å². The first-order chi connectivity index (χ1) is 9.31. The molecule has 0 aliphatic carbocycles. The van der Waals surface area contributed by atoms with Crippen LogP contribution in [0.4, 0.5) is 17.6 Å². The number of hydrogen-bond donors (Lipinski definition) is 2. The molecule has 1 aromatic carbocycles. The SMILES string of the molecule is NNC(CCOCC(F)(F)F)Cc1ccc(F)c(Br)c1. The average molecular weight is 359 g/mol. The van der Waals surface area contributed by atoms with Crippen LogP contribution in [-0.2, 0) is 11.2 Å². The lowest BCUT2D eigenvalue weighted by Gasteiger charge is -2.16. The van der Waals surface area contributed by atoms with Crippen molar-refractivity contribution >= 4 is 15.9 Å². The molecular formula is C12H15BrF4N2O. The second-order valence-electron chi connectivity index (χ2n) is 4.27. The predicted octanol–water partition coefficient (Wildman–Crippen LogP) is 2.93. The Morgan fingerprint density at radius 2 is 2.05 bits per heavy atom. The molecule has 114 valence electrons. The number of halogens is 5. The molecule has 0 aromatic heterocycles. The third-order valence-electron chi connectivity index (χ3n) is 2.58. The van der Waals surface area contributed by atoms with E-state index in [2.05, 4.69) is 26.1 Å². The number of nitrogens with two attached hydrogens (primary N) is 1. The zero-order valence-electron chi connectivity index (χ0n) is 10.5. The molecule has 1 atom stereocenters. The average Bonchev–Trinajstić information content (AvgIpc) is 2.36. The van der Waals surface area contributed by atoms with Gasteiger partial charge in [-0.05, 0) is 46.5 Å². The van der Waals surface area contributed by atoms with Crippen molar-refractivity contribution in [3.8, 4) is 0 Å². The van der Waals surface area contributed by atoms with Gasteiger partial charge in [-0.3, -0.25) is 11.3 Å². The van der Waals surface area contributed by atoms with Crippen molar-refractivity contribution in [2.24, 2.45) is 5.84 Å². The number of benzene rings is 1. The molecule has 0 fully saturated rings. The molecule has 3 N–H and O–H groups in total. The third-order valence-corrected chi connectivity index (χ3v) is 3.19.